The molecule has 0 bridgehead atoms. The molecule has 0 amide bonds. The fourth-order valence-corrected chi connectivity index (χ4v) is 3.68. The normalized spacial score (nSPS) is 18.8. The van der Waals surface area contributed by atoms with E-state index < -0.39 is 0 Å². The number of aryl methyl sites for hydroxylation is 2. The van der Waals surface area contributed by atoms with Crippen LogP contribution in [-0.4, -0.2) is 49.0 Å². The topological polar surface area (TPSA) is 65.5 Å². The molecule has 1 aromatic carbocycles. The highest BCUT2D eigenvalue weighted by Crippen LogP contribution is 2.33. The molecule has 1 saturated heterocycles. The van der Waals surface area contributed by atoms with Crippen LogP contribution in [0, 0.1) is 0 Å². The van der Waals surface area contributed by atoms with Gasteiger partial charge in [-0.05, 0) is 37.5 Å². The highest BCUT2D eigenvalue weighted by molar-refractivity contribution is 6.33. The van der Waals surface area contributed by atoms with E-state index in [9.17, 15) is 0 Å². The lowest BCUT2D eigenvalue weighted by Gasteiger charge is -2.22. The van der Waals surface area contributed by atoms with Crippen LogP contribution in [0.1, 0.15) is 38.6 Å². The van der Waals surface area contributed by atoms with Gasteiger partial charge in [0.15, 0.2) is 0 Å². The molecule has 0 saturated carbocycles. The molecule has 1 aromatic heterocycles. The molecule has 0 aliphatic carbocycles. The lowest BCUT2D eigenvalue weighted by Crippen LogP contribution is -2.35. The minimum Gasteiger partial charge on any atom is -0.497 e. The number of nitrogens with one attached hydrogen (secondary N) is 1. The van der Waals surface area contributed by atoms with Gasteiger partial charge in [-0.2, -0.15) is 0 Å². The zero-order valence-corrected chi connectivity index (χ0v) is 18.4. The maximum Gasteiger partial charge on any atom is 0.148 e. The lowest BCUT2D eigenvalue weighted by atomic mass is 10.1. The minimum absolute atomic E-state index is 0.0299. The van der Waals surface area contributed by atoms with E-state index in [1.54, 1.807) is 13.2 Å². The van der Waals surface area contributed by atoms with Crippen molar-refractivity contribution in [1.82, 2.24) is 9.97 Å². The van der Waals surface area contributed by atoms with Crippen molar-refractivity contribution in [2.24, 2.45) is 0 Å². The number of hydrogen-bond donors (Lipinski definition) is 1. The SMILES string of the molecule is CCCO[C@H]1COC[C@H]1Nc1nc(CC)c(-c2ccc(OC)cc2Cl)nc1CC. The summed E-state index contributed by atoms with van der Waals surface area (Å²) < 4.78 is 16.8. The largest absolute Gasteiger partial charge is 0.497 e. The van der Waals surface area contributed by atoms with Crippen molar-refractivity contribution in [2.75, 3.05) is 32.2 Å². The summed E-state index contributed by atoms with van der Waals surface area (Å²) in [5.74, 6) is 1.52. The van der Waals surface area contributed by atoms with Crippen molar-refractivity contribution < 1.29 is 14.2 Å². The maximum atomic E-state index is 6.52. The van der Waals surface area contributed by atoms with Crippen LogP contribution in [0.4, 0.5) is 5.82 Å². The number of aromatic nitrogens is 2. The number of anilines is 1. The van der Waals surface area contributed by atoms with Crippen LogP contribution < -0.4 is 10.1 Å². The Balaban J connectivity index is 1.92. The summed E-state index contributed by atoms with van der Waals surface area (Å²) in [6, 6.07) is 5.71. The molecule has 1 N–H and O–H groups in total. The molecule has 1 aliphatic heterocycles. The molecular weight excluding hydrogens is 390 g/mol. The molecule has 7 heteroatoms. The van der Waals surface area contributed by atoms with E-state index in [-0.39, 0.29) is 12.1 Å². The van der Waals surface area contributed by atoms with E-state index in [0.717, 1.165) is 60.1 Å². The third kappa shape index (κ3) is 5.00. The van der Waals surface area contributed by atoms with Crippen molar-refractivity contribution in [2.45, 2.75) is 52.2 Å². The Morgan fingerprint density at radius 2 is 1.93 bits per heavy atom. The van der Waals surface area contributed by atoms with Crippen molar-refractivity contribution in [3.05, 3.63) is 34.6 Å². The number of methoxy groups -OCH3 is 1. The zero-order valence-electron chi connectivity index (χ0n) is 17.6. The van der Waals surface area contributed by atoms with Crippen molar-refractivity contribution >= 4 is 17.4 Å². The molecule has 1 aliphatic rings. The van der Waals surface area contributed by atoms with Crippen LogP contribution in [0.3, 0.4) is 0 Å². The summed E-state index contributed by atoms with van der Waals surface area (Å²) >= 11 is 6.52. The summed E-state index contributed by atoms with van der Waals surface area (Å²) in [5, 5.41) is 4.13. The van der Waals surface area contributed by atoms with Gasteiger partial charge in [0.1, 0.15) is 17.7 Å². The van der Waals surface area contributed by atoms with Crippen LogP contribution in [0.15, 0.2) is 18.2 Å². The smallest absolute Gasteiger partial charge is 0.148 e. The number of rotatable bonds is 9. The first-order valence-electron chi connectivity index (χ1n) is 10.3. The first-order valence-corrected chi connectivity index (χ1v) is 10.7. The van der Waals surface area contributed by atoms with Crippen LogP contribution in [0.2, 0.25) is 5.02 Å². The number of ether oxygens (including phenoxy) is 3. The number of nitrogens with zero attached hydrogens (tertiary/aromatic N) is 2. The van der Waals surface area contributed by atoms with Gasteiger partial charge in [0, 0.05) is 12.2 Å². The van der Waals surface area contributed by atoms with Gasteiger partial charge in [-0.15, -0.1) is 0 Å². The average Bonchev–Trinajstić information content (AvgIpc) is 3.18. The van der Waals surface area contributed by atoms with E-state index in [4.69, 9.17) is 35.8 Å². The van der Waals surface area contributed by atoms with Gasteiger partial charge in [-0.1, -0.05) is 32.4 Å². The van der Waals surface area contributed by atoms with Crippen LogP contribution in [0.25, 0.3) is 11.3 Å². The highest BCUT2D eigenvalue weighted by Gasteiger charge is 2.30. The van der Waals surface area contributed by atoms with E-state index in [1.807, 2.05) is 12.1 Å². The lowest BCUT2D eigenvalue weighted by molar-refractivity contribution is 0.0400. The monoisotopic (exact) mass is 419 g/mol. The van der Waals surface area contributed by atoms with Crippen molar-refractivity contribution in [3.8, 4) is 17.0 Å². The molecule has 158 valence electrons. The molecule has 2 atom stereocenters. The van der Waals surface area contributed by atoms with E-state index in [0.29, 0.717) is 18.2 Å². The van der Waals surface area contributed by atoms with Crippen LogP contribution in [0.5, 0.6) is 5.75 Å². The second kappa shape index (κ2) is 10.2. The Morgan fingerprint density at radius 1 is 1.14 bits per heavy atom. The number of hydrogen-bond acceptors (Lipinski definition) is 6. The van der Waals surface area contributed by atoms with Gasteiger partial charge < -0.3 is 19.5 Å². The quantitative estimate of drug-likeness (QED) is 0.643. The summed E-state index contributed by atoms with van der Waals surface area (Å²) in [6.07, 6.45) is 2.52. The molecule has 6 nitrogen and oxygen atoms in total. The predicted octanol–water partition coefficient (Wildman–Crippen LogP) is 4.54. The summed E-state index contributed by atoms with van der Waals surface area (Å²) in [5.41, 5.74) is 3.50. The van der Waals surface area contributed by atoms with Gasteiger partial charge in [0.25, 0.3) is 0 Å². The number of halogens is 1. The molecule has 0 spiro atoms. The third-order valence-corrected chi connectivity index (χ3v) is 5.34. The van der Waals surface area contributed by atoms with Crippen molar-refractivity contribution in [3.63, 3.8) is 0 Å². The molecule has 0 unspecified atom stereocenters. The van der Waals surface area contributed by atoms with Crippen LogP contribution >= 0.6 is 11.6 Å². The zero-order chi connectivity index (χ0) is 20.8. The average molecular weight is 420 g/mol. The van der Waals surface area contributed by atoms with Crippen LogP contribution in [-0.2, 0) is 22.3 Å². The molecular formula is C22H30ClN3O3. The summed E-state index contributed by atoms with van der Waals surface area (Å²) in [6.45, 7) is 8.20. The van der Waals surface area contributed by atoms with Gasteiger partial charge in [-0.3, -0.25) is 0 Å². The maximum absolute atomic E-state index is 6.52. The van der Waals surface area contributed by atoms with E-state index in [1.165, 1.54) is 0 Å². The van der Waals surface area contributed by atoms with E-state index >= 15 is 0 Å². The predicted molar refractivity (Wildman–Crippen MR) is 116 cm³/mol. The highest BCUT2D eigenvalue weighted by atomic mass is 35.5. The molecule has 1 fully saturated rings. The van der Waals surface area contributed by atoms with Gasteiger partial charge in [0.2, 0.25) is 0 Å². The Bertz CT molecular complexity index is 831. The Hall–Kier alpha value is -1.89. The third-order valence-electron chi connectivity index (χ3n) is 5.03. The second-order valence-electron chi connectivity index (χ2n) is 7.06. The summed E-state index contributed by atoms with van der Waals surface area (Å²) in [7, 11) is 1.63. The Morgan fingerprint density at radius 3 is 2.59 bits per heavy atom. The minimum atomic E-state index is 0.0299. The Kier molecular flexibility index (Phi) is 7.70. The van der Waals surface area contributed by atoms with Gasteiger partial charge in [0.05, 0.1) is 48.5 Å². The molecule has 2 heterocycles. The Labute approximate surface area is 177 Å². The fraction of sp³-hybridized carbons (Fsp3) is 0.545. The van der Waals surface area contributed by atoms with E-state index in [2.05, 4.69) is 26.1 Å². The molecule has 0 radical (unpaired) electrons. The van der Waals surface area contributed by atoms with Gasteiger partial charge >= 0.3 is 0 Å². The van der Waals surface area contributed by atoms with Gasteiger partial charge in [-0.25, -0.2) is 9.97 Å². The molecule has 29 heavy (non-hydrogen) atoms. The van der Waals surface area contributed by atoms with Crippen molar-refractivity contribution in [1.29, 1.82) is 0 Å². The number of benzene rings is 1. The first kappa shape index (κ1) is 21.8. The summed E-state index contributed by atoms with van der Waals surface area (Å²) in [4.78, 5) is 9.87. The molecule has 2 aromatic rings. The molecule has 3 rings (SSSR count). The first-order chi connectivity index (χ1) is 14.1. The fourth-order valence-electron chi connectivity index (χ4n) is 3.42. The second-order valence-corrected chi connectivity index (χ2v) is 7.47. The standard InChI is InChI=1S/C22H30ClN3O3/c1-5-10-29-20-13-28-12-19(20)26-22-18(7-3)24-21(17(6-2)25-22)15-9-8-14(27-4)11-16(15)23/h8-9,11,19-20H,5-7,10,12-13H2,1-4H3,(H,25,26)/t19-,20+/m1/s1.